The van der Waals surface area contributed by atoms with Crippen LogP contribution in [0.3, 0.4) is 0 Å². The second-order valence-electron chi connectivity index (χ2n) is 4.53. The van der Waals surface area contributed by atoms with Gasteiger partial charge in [-0.1, -0.05) is 11.6 Å². The maximum atomic E-state index is 6.25. The third-order valence-corrected chi connectivity index (χ3v) is 5.24. The molecule has 0 atom stereocenters. The topological polar surface area (TPSA) is 15.3 Å². The average Bonchev–Trinajstić information content (AvgIpc) is 2.66. The number of thiophene rings is 1. The Morgan fingerprint density at radius 3 is 2.58 bits per heavy atom. The normalized spacial score (nSPS) is 10.6. The summed E-state index contributed by atoms with van der Waals surface area (Å²) in [6.45, 7) is 2.93. The van der Waals surface area contributed by atoms with E-state index in [1.807, 2.05) is 31.1 Å². The van der Waals surface area contributed by atoms with E-state index in [-0.39, 0.29) is 0 Å². The van der Waals surface area contributed by atoms with Crippen molar-refractivity contribution in [2.24, 2.45) is 0 Å². The molecular formula is C14H16BrClN2S. The fraction of sp³-hybridized carbons (Fsp3) is 0.286. The number of hydrogen-bond donors (Lipinski definition) is 1. The van der Waals surface area contributed by atoms with E-state index < -0.39 is 0 Å². The third-order valence-electron chi connectivity index (χ3n) is 2.80. The Hall–Kier alpha value is -0.710. The minimum atomic E-state index is 0.763. The molecule has 0 amide bonds. The summed E-state index contributed by atoms with van der Waals surface area (Å²) in [4.78, 5) is 4.61. The van der Waals surface area contributed by atoms with Crippen molar-refractivity contribution >= 4 is 50.2 Å². The summed E-state index contributed by atoms with van der Waals surface area (Å²) in [6.07, 6.45) is 0. The van der Waals surface area contributed by atoms with Gasteiger partial charge >= 0.3 is 0 Å². The fourth-order valence-corrected chi connectivity index (χ4v) is 3.66. The molecule has 1 aromatic heterocycles. The van der Waals surface area contributed by atoms with Gasteiger partial charge in [-0.2, -0.15) is 0 Å². The van der Waals surface area contributed by atoms with Crippen LogP contribution in [0, 0.1) is 6.92 Å². The van der Waals surface area contributed by atoms with Crippen LogP contribution >= 0.6 is 38.9 Å². The van der Waals surface area contributed by atoms with Gasteiger partial charge in [-0.05, 0) is 47.1 Å². The Morgan fingerprint density at radius 2 is 2.05 bits per heavy atom. The van der Waals surface area contributed by atoms with Crippen LogP contribution < -0.4 is 10.2 Å². The molecule has 0 unspecified atom stereocenters. The molecule has 5 heteroatoms. The van der Waals surface area contributed by atoms with Gasteiger partial charge in [-0.25, -0.2) is 0 Å². The highest BCUT2D eigenvalue weighted by molar-refractivity contribution is 9.10. The number of benzene rings is 1. The summed E-state index contributed by atoms with van der Waals surface area (Å²) >= 11 is 11.6. The lowest BCUT2D eigenvalue weighted by molar-refractivity contribution is 1.13. The molecule has 1 N–H and O–H groups in total. The van der Waals surface area contributed by atoms with E-state index in [0.717, 1.165) is 22.9 Å². The van der Waals surface area contributed by atoms with Gasteiger partial charge in [0.2, 0.25) is 0 Å². The van der Waals surface area contributed by atoms with Crippen molar-refractivity contribution in [3.05, 3.63) is 43.5 Å². The van der Waals surface area contributed by atoms with Gasteiger partial charge < -0.3 is 10.2 Å². The second kappa shape index (κ2) is 6.16. The predicted octanol–water partition coefficient (Wildman–Crippen LogP) is 5.15. The molecule has 0 radical (unpaired) electrons. The highest BCUT2D eigenvalue weighted by atomic mass is 79.9. The lowest BCUT2D eigenvalue weighted by Gasteiger charge is -2.15. The number of anilines is 2. The van der Waals surface area contributed by atoms with Gasteiger partial charge in [-0.15, -0.1) is 11.3 Å². The van der Waals surface area contributed by atoms with Gasteiger partial charge in [0.05, 0.1) is 10.7 Å². The molecule has 0 aliphatic heterocycles. The summed E-state index contributed by atoms with van der Waals surface area (Å²) in [6, 6.07) is 8.20. The molecule has 102 valence electrons. The van der Waals surface area contributed by atoms with E-state index in [0.29, 0.717) is 0 Å². The Kier molecular flexibility index (Phi) is 4.76. The number of nitrogens with one attached hydrogen (secondary N) is 1. The summed E-state index contributed by atoms with van der Waals surface area (Å²) in [5, 5.41) is 4.16. The molecule has 0 fully saturated rings. The molecule has 0 bridgehead atoms. The first-order chi connectivity index (χ1) is 8.97. The van der Waals surface area contributed by atoms with Gasteiger partial charge in [0.15, 0.2) is 0 Å². The summed E-state index contributed by atoms with van der Waals surface area (Å²) in [5.74, 6) is 0. The zero-order valence-corrected chi connectivity index (χ0v) is 14.3. The molecule has 0 spiro atoms. The number of rotatable bonds is 4. The number of aryl methyl sites for hydroxylation is 1. The third kappa shape index (κ3) is 3.65. The predicted molar refractivity (Wildman–Crippen MR) is 89.9 cm³/mol. The van der Waals surface area contributed by atoms with Crippen LogP contribution in [0.2, 0.25) is 5.02 Å². The van der Waals surface area contributed by atoms with E-state index in [1.165, 1.54) is 14.2 Å². The van der Waals surface area contributed by atoms with Crippen molar-refractivity contribution < 1.29 is 0 Å². The van der Waals surface area contributed by atoms with Crippen molar-refractivity contribution in [1.29, 1.82) is 0 Å². The molecule has 19 heavy (non-hydrogen) atoms. The number of nitrogens with zero attached hydrogens (tertiary/aromatic N) is 1. The number of halogens is 2. The van der Waals surface area contributed by atoms with E-state index in [2.05, 4.69) is 40.3 Å². The fourth-order valence-electron chi connectivity index (χ4n) is 1.77. The lowest BCUT2D eigenvalue weighted by atomic mass is 10.2. The van der Waals surface area contributed by atoms with Crippen molar-refractivity contribution in [2.45, 2.75) is 13.5 Å². The Balaban J connectivity index is 2.06. The van der Waals surface area contributed by atoms with Gasteiger partial charge in [-0.3, -0.25) is 0 Å². The lowest BCUT2D eigenvalue weighted by Crippen LogP contribution is -2.09. The van der Waals surface area contributed by atoms with Crippen LogP contribution in [-0.2, 0) is 6.54 Å². The van der Waals surface area contributed by atoms with Crippen LogP contribution in [0.15, 0.2) is 28.7 Å². The Bertz CT molecular complexity index is 561. The van der Waals surface area contributed by atoms with Crippen LogP contribution in [0.1, 0.15) is 9.75 Å². The molecule has 0 aliphatic rings. The Labute approximate surface area is 131 Å². The number of hydrogen-bond acceptors (Lipinski definition) is 3. The molecule has 0 aliphatic carbocycles. The maximum Gasteiger partial charge on any atom is 0.0659 e. The molecule has 1 aromatic carbocycles. The van der Waals surface area contributed by atoms with Crippen LogP contribution in [-0.4, -0.2) is 14.1 Å². The second-order valence-corrected chi connectivity index (χ2v) is 7.13. The minimum Gasteiger partial charge on any atom is -0.380 e. The first kappa shape index (κ1) is 14.7. The summed E-state index contributed by atoms with van der Waals surface area (Å²) < 4.78 is 1.18. The van der Waals surface area contributed by atoms with Crippen molar-refractivity contribution in [1.82, 2.24) is 0 Å². The summed E-state index contributed by atoms with van der Waals surface area (Å²) in [5.41, 5.74) is 2.07. The van der Waals surface area contributed by atoms with Crippen LogP contribution in [0.5, 0.6) is 0 Å². The standard InChI is InChI=1S/C14H16BrClN2S/c1-9-12(15)7-11(19-9)8-17-10-4-5-14(18(2)3)13(16)6-10/h4-7,17H,8H2,1-3H3. The zero-order valence-electron chi connectivity index (χ0n) is 11.1. The Morgan fingerprint density at radius 1 is 1.32 bits per heavy atom. The smallest absolute Gasteiger partial charge is 0.0659 e. The minimum absolute atomic E-state index is 0.763. The molecule has 2 nitrogen and oxygen atoms in total. The van der Waals surface area contributed by atoms with Gasteiger partial charge in [0.25, 0.3) is 0 Å². The van der Waals surface area contributed by atoms with Gasteiger partial charge in [0.1, 0.15) is 0 Å². The zero-order chi connectivity index (χ0) is 14.0. The largest absolute Gasteiger partial charge is 0.380 e. The molecule has 2 aromatic rings. The monoisotopic (exact) mass is 358 g/mol. The maximum absolute atomic E-state index is 6.25. The molecule has 2 rings (SSSR count). The first-order valence-electron chi connectivity index (χ1n) is 5.93. The quantitative estimate of drug-likeness (QED) is 0.812. The van der Waals surface area contributed by atoms with Crippen molar-refractivity contribution in [3.63, 3.8) is 0 Å². The molecule has 0 saturated carbocycles. The van der Waals surface area contributed by atoms with E-state index >= 15 is 0 Å². The SMILES string of the molecule is Cc1sc(CNc2ccc(N(C)C)c(Cl)c2)cc1Br. The van der Waals surface area contributed by atoms with E-state index in [4.69, 9.17) is 11.6 Å². The molecular weight excluding hydrogens is 344 g/mol. The van der Waals surface area contributed by atoms with Crippen molar-refractivity contribution in [2.75, 3.05) is 24.3 Å². The molecule has 1 heterocycles. The van der Waals surface area contributed by atoms with Gasteiger partial charge in [0, 0.05) is 40.6 Å². The summed E-state index contributed by atoms with van der Waals surface area (Å²) in [7, 11) is 3.97. The van der Waals surface area contributed by atoms with Crippen molar-refractivity contribution in [3.8, 4) is 0 Å². The van der Waals surface area contributed by atoms with Crippen LogP contribution in [0.25, 0.3) is 0 Å². The first-order valence-corrected chi connectivity index (χ1v) is 7.91. The highest BCUT2D eigenvalue weighted by Gasteiger charge is 2.05. The highest BCUT2D eigenvalue weighted by Crippen LogP contribution is 2.29. The average molecular weight is 360 g/mol. The van der Waals surface area contributed by atoms with Crippen LogP contribution in [0.4, 0.5) is 11.4 Å². The van der Waals surface area contributed by atoms with E-state index in [9.17, 15) is 0 Å². The molecule has 0 saturated heterocycles. The van der Waals surface area contributed by atoms with E-state index in [1.54, 1.807) is 11.3 Å².